The zero-order valence-electron chi connectivity index (χ0n) is 13.4. The molecule has 0 N–H and O–H groups in total. The van der Waals surface area contributed by atoms with Crippen molar-refractivity contribution >= 4 is 6.08 Å². The Morgan fingerprint density at radius 3 is 1.91 bits per heavy atom. The van der Waals surface area contributed by atoms with Crippen LogP contribution in [0.3, 0.4) is 0 Å². The van der Waals surface area contributed by atoms with E-state index in [1.165, 1.54) is 0 Å². The minimum absolute atomic E-state index is 0.942. The van der Waals surface area contributed by atoms with Crippen LogP contribution in [0.1, 0.15) is 5.56 Å². The number of ether oxygens (including phenoxy) is 4. The van der Waals surface area contributed by atoms with Crippen LogP contribution in [0, 0.1) is 0 Å². The molecule has 4 heteroatoms. The molecule has 1 aromatic carbocycles. The lowest BCUT2D eigenvalue weighted by Gasteiger charge is -2.44. The predicted molar refractivity (Wildman–Crippen MR) is 86.2 cm³/mol. The van der Waals surface area contributed by atoms with E-state index in [0.717, 1.165) is 11.1 Å². The molecule has 0 fully saturated rings. The topological polar surface area (TPSA) is 36.9 Å². The van der Waals surface area contributed by atoms with Gasteiger partial charge in [-0.15, -0.1) is 0 Å². The molecule has 0 spiro atoms. The summed E-state index contributed by atoms with van der Waals surface area (Å²) in [5.41, 5.74) is 2.06. The monoisotopic (exact) mass is 302 g/mol. The first-order valence-electron chi connectivity index (χ1n) is 7.01. The summed E-state index contributed by atoms with van der Waals surface area (Å²) < 4.78 is 22.2. The summed E-state index contributed by atoms with van der Waals surface area (Å²) in [7, 11) is 6.23. The maximum absolute atomic E-state index is 5.57. The average Bonchev–Trinajstić information content (AvgIpc) is 2.60. The quantitative estimate of drug-likeness (QED) is 0.756. The highest BCUT2D eigenvalue weighted by atomic mass is 16.8. The Kier molecular flexibility index (Phi) is 5.32. The highest BCUT2D eigenvalue weighted by Crippen LogP contribution is 2.38. The van der Waals surface area contributed by atoms with Crippen LogP contribution in [-0.2, 0) is 18.9 Å². The van der Waals surface area contributed by atoms with Crippen molar-refractivity contribution in [2.45, 2.75) is 11.6 Å². The SMILES string of the molecule is COC1(OC)C=CC(C=Cc2ccccc2)=CC1(OC)OC. The summed E-state index contributed by atoms with van der Waals surface area (Å²) in [5, 5.41) is 0. The molecule has 0 aliphatic heterocycles. The molecule has 0 heterocycles. The molecular formula is C18H22O4. The van der Waals surface area contributed by atoms with Crippen molar-refractivity contribution < 1.29 is 18.9 Å². The van der Waals surface area contributed by atoms with Crippen LogP contribution in [-0.4, -0.2) is 40.0 Å². The maximum Gasteiger partial charge on any atom is 0.248 e. The highest BCUT2D eigenvalue weighted by molar-refractivity contribution is 5.55. The minimum atomic E-state index is -1.15. The van der Waals surface area contributed by atoms with Crippen LogP contribution >= 0.6 is 0 Å². The smallest absolute Gasteiger partial charge is 0.248 e. The summed E-state index contributed by atoms with van der Waals surface area (Å²) in [6.07, 6.45) is 9.58. The lowest BCUT2D eigenvalue weighted by Crippen LogP contribution is -2.58. The van der Waals surface area contributed by atoms with Crippen molar-refractivity contribution in [2.24, 2.45) is 0 Å². The van der Waals surface area contributed by atoms with Gasteiger partial charge in [0, 0.05) is 28.4 Å². The van der Waals surface area contributed by atoms with Gasteiger partial charge in [-0.1, -0.05) is 48.6 Å². The van der Waals surface area contributed by atoms with E-state index in [0.29, 0.717) is 0 Å². The van der Waals surface area contributed by atoms with E-state index >= 15 is 0 Å². The van der Waals surface area contributed by atoms with E-state index in [-0.39, 0.29) is 0 Å². The number of methoxy groups -OCH3 is 4. The fourth-order valence-electron chi connectivity index (χ4n) is 2.54. The first kappa shape index (κ1) is 16.6. The number of rotatable bonds is 6. The molecule has 0 saturated carbocycles. The number of allylic oxidation sites excluding steroid dienone is 3. The third-order valence-electron chi connectivity index (χ3n) is 3.82. The first-order valence-corrected chi connectivity index (χ1v) is 7.01. The van der Waals surface area contributed by atoms with Gasteiger partial charge in [-0.2, -0.15) is 0 Å². The first-order chi connectivity index (χ1) is 10.6. The molecule has 4 nitrogen and oxygen atoms in total. The molecule has 0 atom stereocenters. The van der Waals surface area contributed by atoms with Crippen molar-refractivity contribution in [3.63, 3.8) is 0 Å². The second kappa shape index (κ2) is 7.03. The van der Waals surface area contributed by atoms with Crippen LogP contribution in [0.4, 0.5) is 0 Å². The molecule has 0 saturated heterocycles. The second-order valence-electron chi connectivity index (χ2n) is 4.87. The van der Waals surface area contributed by atoms with E-state index in [9.17, 15) is 0 Å². The fraction of sp³-hybridized carbons (Fsp3) is 0.333. The van der Waals surface area contributed by atoms with E-state index in [2.05, 4.69) is 0 Å². The molecule has 0 radical (unpaired) electrons. The predicted octanol–water partition coefficient (Wildman–Crippen LogP) is 3.17. The van der Waals surface area contributed by atoms with Crippen LogP contribution in [0.5, 0.6) is 0 Å². The zero-order valence-corrected chi connectivity index (χ0v) is 13.4. The van der Waals surface area contributed by atoms with Crippen molar-refractivity contribution in [1.29, 1.82) is 0 Å². The van der Waals surface area contributed by atoms with E-state index in [1.54, 1.807) is 34.5 Å². The third kappa shape index (κ3) is 2.91. The molecule has 22 heavy (non-hydrogen) atoms. The lowest BCUT2D eigenvalue weighted by molar-refractivity contribution is -0.345. The molecule has 1 aliphatic rings. The molecule has 1 aliphatic carbocycles. The summed E-state index contributed by atoms with van der Waals surface area (Å²) >= 11 is 0. The van der Waals surface area contributed by atoms with Gasteiger partial charge in [-0.05, 0) is 23.3 Å². The number of hydrogen-bond donors (Lipinski definition) is 0. The Morgan fingerprint density at radius 1 is 0.773 bits per heavy atom. The van der Waals surface area contributed by atoms with Gasteiger partial charge in [-0.25, -0.2) is 0 Å². The van der Waals surface area contributed by atoms with Crippen LogP contribution in [0.2, 0.25) is 0 Å². The normalized spacial score (nSPS) is 19.4. The van der Waals surface area contributed by atoms with Gasteiger partial charge in [0.25, 0.3) is 0 Å². The second-order valence-corrected chi connectivity index (χ2v) is 4.87. The Morgan fingerprint density at radius 2 is 1.36 bits per heavy atom. The van der Waals surface area contributed by atoms with Crippen LogP contribution in [0.15, 0.2) is 60.2 Å². The van der Waals surface area contributed by atoms with Gasteiger partial charge in [-0.3, -0.25) is 0 Å². The molecular weight excluding hydrogens is 280 g/mol. The molecule has 2 rings (SSSR count). The Bertz CT molecular complexity index is 564. The molecule has 0 unspecified atom stereocenters. The van der Waals surface area contributed by atoms with Crippen molar-refractivity contribution in [3.05, 3.63) is 65.8 Å². The average molecular weight is 302 g/mol. The van der Waals surface area contributed by atoms with Gasteiger partial charge in [0.15, 0.2) is 0 Å². The largest absolute Gasteiger partial charge is 0.345 e. The molecule has 0 amide bonds. The van der Waals surface area contributed by atoms with Gasteiger partial charge < -0.3 is 18.9 Å². The summed E-state index contributed by atoms with van der Waals surface area (Å²) in [6, 6.07) is 10.1. The van der Waals surface area contributed by atoms with E-state index in [1.807, 2.05) is 54.6 Å². The fourth-order valence-corrected chi connectivity index (χ4v) is 2.54. The zero-order chi connectivity index (χ0) is 16.1. The van der Waals surface area contributed by atoms with Crippen molar-refractivity contribution in [1.82, 2.24) is 0 Å². The van der Waals surface area contributed by atoms with Gasteiger partial charge in [0.05, 0.1) is 0 Å². The van der Waals surface area contributed by atoms with E-state index in [4.69, 9.17) is 18.9 Å². The van der Waals surface area contributed by atoms with Gasteiger partial charge >= 0.3 is 0 Å². The maximum atomic E-state index is 5.57. The number of hydrogen-bond acceptors (Lipinski definition) is 4. The summed E-state index contributed by atoms with van der Waals surface area (Å²) in [5.74, 6) is -2.28. The van der Waals surface area contributed by atoms with Gasteiger partial charge in [0.1, 0.15) is 0 Å². The lowest BCUT2D eigenvalue weighted by atomic mass is 9.94. The van der Waals surface area contributed by atoms with E-state index < -0.39 is 11.6 Å². The minimum Gasteiger partial charge on any atom is -0.345 e. The highest BCUT2D eigenvalue weighted by Gasteiger charge is 2.53. The molecule has 0 aromatic heterocycles. The Labute approximate surface area is 131 Å². The summed E-state index contributed by atoms with van der Waals surface area (Å²) in [6.45, 7) is 0. The molecule has 1 aromatic rings. The number of benzene rings is 1. The Hall–Kier alpha value is -1.72. The standard InChI is InChI=1S/C18H22O4/c1-19-17(20-2)13-12-16(14-18(17,21-3)22-4)11-10-15-8-6-5-7-9-15/h5-14H,1-4H3. The van der Waals surface area contributed by atoms with Crippen molar-refractivity contribution in [2.75, 3.05) is 28.4 Å². The van der Waals surface area contributed by atoms with Crippen LogP contribution < -0.4 is 0 Å². The van der Waals surface area contributed by atoms with Gasteiger partial charge in [0.2, 0.25) is 11.6 Å². The summed E-state index contributed by atoms with van der Waals surface area (Å²) in [4.78, 5) is 0. The third-order valence-corrected chi connectivity index (χ3v) is 3.82. The van der Waals surface area contributed by atoms with Crippen molar-refractivity contribution in [3.8, 4) is 0 Å². The van der Waals surface area contributed by atoms with Crippen LogP contribution in [0.25, 0.3) is 6.08 Å². The molecule has 0 bridgehead atoms. The Balaban J connectivity index is 2.34. The molecule has 118 valence electrons.